The minimum atomic E-state index is -0.000436. The Bertz CT molecular complexity index is 725. The summed E-state index contributed by atoms with van der Waals surface area (Å²) in [6.45, 7) is 6.01. The van der Waals surface area contributed by atoms with Crippen molar-refractivity contribution in [1.82, 2.24) is 9.88 Å². The Morgan fingerprint density at radius 1 is 1.15 bits per heavy atom. The number of anilines is 2. The summed E-state index contributed by atoms with van der Waals surface area (Å²) in [6.07, 6.45) is 2.73. The number of aromatic nitrogens is 1. The van der Waals surface area contributed by atoms with Gasteiger partial charge in [0, 0.05) is 50.3 Å². The van der Waals surface area contributed by atoms with Crippen LogP contribution in [0.5, 0.6) is 5.75 Å². The minimum Gasteiger partial charge on any atom is -0.497 e. The van der Waals surface area contributed by atoms with Gasteiger partial charge in [-0.15, -0.1) is 0 Å². The van der Waals surface area contributed by atoms with Crippen LogP contribution in [0.4, 0.5) is 11.4 Å². The van der Waals surface area contributed by atoms with Gasteiger partial charge in [0.25, 0.3) is 5.91 Å². The van der Waals surface area contributed by atoms with E-state index in [1.807, 2.05) is 29.2 Å². The fourth-order valence-corrected chi connectivity index (χ4v) is 3.05. The molecule has 1 saturated heterocycles. The average molecular weight is 354 g/mol. The van der Waals surface area contributed by atoms with Crippen LogP contribution in [0.2, 0.25) is 0 Å². The van der Waals surface area contributed by atoms with E-state index in [0.29, 0.717) is 18.8 Å². The Kier molecular flexibility index (Phi) is 5.94. The summed E-state index contributed by atoms with van der Waals surface area (Å²) in [4.78, 5) is 21.2. The highest BCUT2D eigenvalue weighted by Gasteiger charge is 2.23. The molecule has 0 bridgehead atoms. The molecule has 26 heavy (non-hydrogen) atoms. The monoisotopic (exact) mass is 354 g/mol. The van der Waals surface area contributed by atoms with Gasteiger partial charge in [0.2, 0.25) is 0 Å². The lowest BCUT2D eigenvalue weighted by atomic mass is 10.2. The van der Waals surface area contributed by atoms with Crippen LogP contribution in [0.1, 0.15) is 23.8 Å². The molecule has 0 spiro atoms. The van der Waals surface area contributed by atoms with Gasteiger partial charge < -0.3 is 19.9 Å². The Labute approximate surface area is 154 Å². The summed E-state index contributed by atoms with van der Waals surface area (Å²) < 4.78 is 5.20. The molecule has 0 atom stereocenters. The van der Waals surface area contributed by atoms with Crippen molar-refractivity contribution in [1.29, 1.82) is 0 Å². The molecular formula is C20H26N4O2. The molecule has 1 aromatic heterocycles. The second kappa shape index (κ2) is 8.56. The smallest absolute Gasteiger partial charge is 0.272 e. The standard InChI is InChI=1S/C20H26N4O2/c1-3-9-21-16-8-10-22-19(15-16)20(25)24-13-11-23(12-14-24)17-4-6-18(26-2)7-5-17/h4-8,10,15H,3,9,11-14H2,1-2H3,(H,21,22). The predicted octanol–water partition coefficient (Wildman–Crippen LogP) is 2.87. The summed E-state index contributed by atoms with van der Waals surface area (Å²) in [5.41, 5.74) is 2.60. The molecule has 138 valence electrons. The van der Waals surface area contributed by atoms with E-state index in [2.05, 4.69) is 34.3 Å². The van der Waals surface area contributed by atoms with E-state index in [0.717, 1.165) is 43.2 Å². The van der Waals surface area contributed by atoms with Crippen molar-refractivity contribution in [3.63, 3.8) is 0 Å². The number of piperazine rings is 1. The van der Waals surface area contributed by atoms with E-state index < -0.39 is 0 Å². The first-order valence-corrected chi connectivity index (χ1v) is 9.09. The van der Waals surface area contributed by atoms with Gasteiger partial charge in [-0.3, -0.25) is 9.78 Å². The SMILES string of the molecule is CCCNc1ccnc(C(=O)N2CCN(c3ccc(OC)cc3)CC2)c1. The highest BCUT2D eigenvalue weighted by Crippen LogP contribution is 2.21. The molecule has 1 N–H and O–H groups in total. The molecule has 0 saturated carbocycles. The van der Waals surface area contributed by atoms with Crippen LogP contribution in [-0.2, 0) is 0 Å². The number of nitrogens with zero attached hydrogens (tertiary/aromatic N) is 3. The van der Waals surface area contributed by atoms with Gasteiger partial charge in [0.15, 0.2) is 0 Å². The zero-order valence-electron chi connectivity index (χ0n) is 15.4. The van der Waals surface area contributed by atoms with Gasteiger partial charge in [-0.1, -0.05) is 6.92 Å². The molecule has 1 fully saturated rings. The fourth-order valence-electron chi connectivity index (χ4n) is 3.05. The van der Waals surface area contributed by atoms with Crippen LogP contribution in [0.15, 0.2) is 42.6 Å². The lowest BCUT2D eigenvalue weighted by molar-refractivity contribution is 0.0741. The third-order valence-corrected chi connectivity index (χ3v) is 4.56. The number of amides is 1. The molecule has 2 aromatic rings. The highest BCUT2D eigenvalue weighted by molar-refractivity contribution is 5.93. The first-order chi connectivity index (χ1) is 12.7. The lowest BCUT2D eigenvalue weighted by Crippen LogP contribution is -2.49. The van der Waals surface area contributed by atoms with E-state index >= 15 is 0 Å². The molecule has 1 amide bonds. The Balaban J connectivity index is 1.59. The maximum Gasteiger partial charge on any atom is 0.272 e. The van der Waals surface area contributed by atoms with Crippen LogP contribution in [-0.4, -0.2) is 55.6 Å². The third-order valence-electron chi connectivity index (χ3n) is 4.56. The van der Waals surface area contributed by atoms with Crippen LogP contribution in [0.3, 0.4) is 0 Å². The number of pyridine rings is 1. The van der Waals surface area contributed by atoms with Crippen molar-refractivity contribution in [2.45, 2.75) is 13.3 Å². The zero-order valence-corrected chi connectivity index (χ0v) is 15.4. The Morgan fingerprint density at radius 2 is 1.88 bits per heavy atom. The predicted molar refractivity (Wildman–Crippen MR) is 104 cm³/mol. The van der Waals surface area contributed by atoms with Crippen molar-refractivity contribution in [3.8, 4) is 5.75 Å². The fraction of sp³-hybridized carbons (Fsp3) is 0.400. The molecule has 6 nitrogen and oxygen atoms in total. The van der Waals surface area contributed by atoms with Gasteiger partial charge in [0.05, 0.1) is 7.11 Å². The molecule has 0 unspecified atom stereocenters. The third kappa shape index (κ3) is 4.25. The second-order valence-electron chi connectivity index (χ2n) is 6.33. The number of methoxy groups -OCH3 is 1. The molecule has 1 aliphatic heterocycles. The Hall–Kier alpha value is -2.76. The molecule has 0 aliphatic carbocycles. The van der Waals surface area contributed by atoms with E-state index in [-0.39, 0.29) is 5.91 Å². The molecule has 1 aliphatic rings. The number of carbonyl (C=O) groups is 1. The number of hydrogen-bond donors (Lipinski definition) is 1. The molecule has 6 heteroatoms. The van der Waals surface area contributed by atoms with Crippen LogP contribution in [0.25, 0.3) is 0 Å². The van der Waals surface area contributed by atoms with Crippen molar-refractivity contribution in [2.75, 3.05) is 50.1 Å². The maximum absolute atomic E-state index is 12.8. The first kappa shape index (κ1) is 18.0. The van der Waals surface area contributed by atoms with E-state index in [1.165, 1.54) is 0 Å². The van der Waals surface area contributed by atoms with Crippen LogP contribution in [0, 0.1) is 0 Å². The summed E-state index contributed by atoms with van der Waals surface area (Å²) in [5.74, 6) is 0.852. The zero-order chi connectivity index (χ0) is 18.4. The van der Waals surface area contributed by atoms with E-state index in [9.17, 15) is 4.79 Å². The topological polar surface area (TPSA) is 57.7 Å². The largest absolute Gasteiger partial charge is 0.497 e. The van der Waals surface area contributed by atoms with Crippen LogP contribution >= 0.6 is 0 Å². The van der Waals surface area contributed by atoms with Crippen molar-refractivity contribution in [3.05, 3.63) is 48.3 Å². The number of rotatable bonds is 6. The Morgan fingerprint density at radius 3 is 2.54 bits per heavy atom. The minimum absolute atomic E-state index is 0.000436. The van der Waals surface area contributed by atoms with Crippen molar-refractivity contribution in [2.24, 2.45) is 0 Å². The molecular weight excluding hydrogens is 328 g/mol. The van der Waals surface area contributed by atoms with Crippen molar-refractivity contribution < 1.29 is 9.53 Å². The highest BCUT2D eigenvalue weighted by atomic mass is 16.5. The lowest BCUT2D eigenvalue weighted by Gasteiger charge is -2.36. The number of ether oxygens (including phenoxy) is 1. The molecule has 1 aromatic carbocycles. The van der Waals surface area contributed by atoms with Gasteiger partial charge in [-0.2, -0.15) is 0 Å². The van der Waals surface area contributed by atoms with Gasteiger partial charge >= 0.3 is 0 Å². The van der Waals surface area contributed by atoms with Gasteiger partial charge in [-0.05, 0) is 42.8 Å². The van der Waals surface area contributed by atoms with E-state index in [1.54, 1.807) is 13.3 Å². The van der Waals surface area contributed by atoms with E-state index in [4.69, 9.17) is 4.74 Å². The normalized spacial score (nSPS) is 14.2. The maximum atomic E-state index is 12.8. The van der Waals surface area contributed by atoms with Crippen molar-refractivity contribution >= 4 is 17.3 Å². The van der Waals surface area contributed by atoms with Gasteiger partial charge in [0.1, 0.15) is 11.4 Å². The molecule has 0 radical (unpaired) electrons. The van der Waals surface area contributed by atoms with Gasteiger partial charge in [-0.25, -0.2) is 0 Å². The summed E-state index contributed by atoms with van der Waals surface area (Å²) >= 11 is 0. The first-order valence-electron chi connectivity index (χ1n) is 9.09. The number of carbonyl (C=O) groups excluding carboxylic acids is 1. The summed E-state index contributed by atoms with van der Waals surface area (Å²) in [7, 11) is 1.67. The second-order valence-corrected chi connectivity index (χ2v) is 6.33. The number of nitrogens with one attached hydrogen (secondary N) is 1. The summed E-state index contributed by atoms with van der Waals surface area (Å²) in [6, 6.07) is 11.8. The molecule has 3 rings (SSSR count). The molecule has 2 heterocycles. The average Bonchev–Trinajstić information content (AvgIpc) is 2.72. The summed E-state index contributed by atoms with van der Waals surface area (Å²) in [5, 5.41) is 3.30. The quantitative estimate of drug-likeness (QED) is 0.864. The van der Waals surface area contributed by atoms with Crippen LogP contribution < -0.4 is 15.0 Å². The number of benzene rings is 1. The number of hydrogen-bond acceptors (Lipinski definition) is 5.